The summed E-state index contributed by atoms with van der Waals surface area (Å²) in [5.74, 6) is 1.08. The molecule has 0 amide bonds. The van der Waals surface area contributed by atoms with E-state index in [1.165, 1.54) is 12.4 Å². The van der Waals surface area contributed by atoms with E-state index in [9.17, 15) is 4.21 Å². The molecule has 6 heteroatoms. The molecule has 0 radical (unpaired) electrons. The Labute approximate surface area is 90.6 Å². The zero-order valence-corrected chi connectivity index (χ0v) is 9.60. The minimum absolute atomic E-state index is 0.0852. The minimum atomic E-state index is -0.818. The van der Waals surface area contributed by atoms with Crippen molar-refractivity contribution in [2.24, 2.45) is 0 Å². The molecule has 0 aromatic carbocycles. The number of halogens is 1. The quantitative estimate of drug-likeness (QED) is 0.852. The Bertz CT molecular complexity index is 317. The van der Waals surface area contributed by atoms with E-state index >= 15 is 0 Å². The van der Waals surface area contributed by atoms with Gasteiger partial charge in [-0.2, -0.15) is 0 Å². The second-order valence-electron chi connectivity index (χ2n) is 3.01. The van der Waals surface area contributed by atoms with Crippen LogP contribution in [-0.4, -0.2) is 32.2 Å². The zero-order chi connectivity index (χ0) is 10.6. The fourth-order valence-corrected chi connectivity index (χ4v) is 1.89. The molecule has 1 heterocycles. The number of hydrogen-bond donors (Lipinski definition) is 1. The molecular weight excluding hydrogens is 222 g/mol. The molecule has 1 aromatic rings. The highest BCUT2D eigenvalue weighted by molar-refractivity contribution is 7.84. The Hall–Kier alpha value is -0.680. The van der Waals surface area contributed by atoms with E-state index in [1.54, 1.807) is 6.26 Å². The van der Waals surface area contributed by atoms with Gasteiger partial charge in [0.2, 0.25) is 5.95 Å². The van der Waals surface area contributed by atoms with Crippen LogP contribution in [0.1, 0.15) is 6.92 Å². The summed E-state index contributed by atoms with van der Waals surface area (Å²) in [5, 5.41) is 3.53. The Morgan fingerprint density at radius 3 is 2.64 bits per heavy atom. The third-order valence-electron chi connectivity index (χ3n) is 1.48. The van der Waals surface area contributed by atoms with Crippen LogP contribution in [0.5, 0.6) is 0 Å². The molecule has 1 rings (SSSR count). The van der Waals surface area contributed by atoms with Crippen molar-refractivity contribution in [2.75, 3.05) is 17.3 Å². The molecule has 0 saturated carbocycles. The Morgan fingerprint density at radius 2 is 2.14 bits per heavy atom. The number of nitrogens with zero attached hydrogens (tertiary/aromatic N) is 2. The molecule has 14 heavy (non-hydrogen) atoms. The van der Waals surface area contributed by atoms with Crippen molar-refractivity contribution in [1.82, 2.24) is 9.97 Å². The van der Waals surface area contributed by atoms with Gasteiger partial charge in [0.25, 0.3) is 0 Å². The molecule has 78 valence electrons. The average Bonchev–Trinajstić information content (AvgIpc) is 2.07. The SMILES string of the molecule is CC(CS(C)=O)Nc1ncc(Cl)cn1. The van der Waals surface area contributed by atoms with Crippen LogP contribution in [0.25, 0.3) is 0 Å². The standard InChI is InChI=1S/C8H12ClN3OS/c1-6(5-14(2)13)12-8-10-3-7(9)4-11-8/h3-4,6H,5H2,1-2H3,(H,10,11,12). The molecule has 0 aliphatic heterocycles. The van der Waals surface area contributed by atoms with E-state index in [-0.39, 0.29) is 6.04 Å². The maximum Gasteiger partial charge on any atom is 0.222 e. The van der Waals surface area contributed by atoms with Crippen LogP contribution in [0.2, 0.25) is 5.02 Å². The first-order valence-electron chi connectivity index (χ1n) is 4.12. The molecule has 0 aliphatic rings. The van der Waals surface area contributed by atoms with Crippen molar-refractivity contribution < 1.29 is 4.21 Å². The van der Waals surface area contributed by atoms with Crippen molar-refractivity contribution in [3.05, 3.63) is 17.4 Å². The highest BCUT2D eigenvalue weighted by Crippen LogP contribution is 2.06. The fraction of sp³-hybridized carbons (Fsp3) is 0.500. The summed E-state index contributed by atoms with van der Waals surface area (Å²) in [7, 11) is -0.818. The molecule has 2 unspecified atom stereocenters. The van der Waals surface area contributed by atoms with Crippen LogP contribution in [0.4, 0.5) is 5.95 Å². The highest BCUT2D eigenvalue weighted by atomic mass is 35.5. The van der Waals surface area contributed by atoms with Gasteiger partial charge in [0.05, 0.1) is 17.4 Å². The lowest BCUT2D eigenvalue weighted by molar-refractivity contribution is 0.682. The predicted octanol–water partition coefficient (Wildman–Crippen LogP) is 1.31. The summed E-state index contributed by atoms with van der Waals surface area (Å²) < 4.78 is 10.9. The maximum absolute atomic E-state index is 10.9. The van der Waals surface area contributed by atoms with E-state index in [0.29, 0.717) is 16.7 Å². The first-order chi connectivity index (χ1) is 6.58. The van der Waals surface area contributed by atoms with E-state index in [1.807, 2.05) is 6.92 Å². The van der Waals surface area contributed by atoms with Gasteiger partial charge in [0, 0.05) is 28.9 Å². The van der Waals surface area contributed by atoms with Gasteiger partial charge in [-0.25, -0.2) is 9.97 Å². The third kappa shape index (κ3) is 4.02. The summed E-state index contributed by atoms with van der Waals surface area (Å²) in [6.07, 6.45) is 4.71. The lowest BCUT2D eigenvalue weighted by Crippen LogP contribution is -2.23. The fourth-order valence-electron chi connectivity index (χ4n) is 1.00. The van der Waals surface area contributed by atoms with Gasteiger partial charge in [0.1, 0.15) is 0 Å². The molecule has 1 aromatic heterocycles. The topological polar surface area (TPSA) is 54.9 Å². The van der Waals surface area contributed by atoms with Crippen LogP contribution in [0.15, 0.2) is 12.4 Å². The molecule has 0 saturated heterocycles. The molecule has 4 nitrogen and oxygen atoms in total. The van der Waals surface area contributed by atoms with Crippen LogP contribution in [-0.2, 0) is 10.8 Å². The molecule has 0 spiro atoms. The average molecular weight is 234 g/mol. The maximum atomic E-state index is 10.9. The Kier molecular flexibility index (Phi) is 4.28. The molecule has 0 fully saturated rings. The van der Waals surface area contributed by atoms with Crippen LogP contribution >= 0.6 is 11.6 Å². The van der Waals surface area contributed by atoms with Crippen molar-refractivity contribution in [3.63, 3.8) is 0 Å². The van der Waals surface area contributed by atoms with Gasteiger partial charge in [-0.15, -0.1) is 0 Å². The molecular formula is C8H12ClN3OS. The van der Waals surface area contributed by atoms with Gasteiger partial charge in [-0.05, 0) is 6.92 Å². The van der Waals surface area contributed by atoms with Crippen molar-refractivity contribution >= 4 is 28.3 Å². The monoisotopic (exact) mass is 233 g/mol. The first kappa shape index (κ1) is 11.4. The molecule has 0 aliphatic carbocycles. The van der Waals surface area contributed by atoms with Crippen molar-refractivity contribution in [2.45, 2.75) is 13.0 Å². The van der Waals surface area contributed by atoms with E-state index in [0.717, 1.165) is 0 Å². The number of nitrogens with one attached hydrogen (secondary N) is 1. The summed E-state index contributed by atoms with van der Waals surface area (Å²) in [4.78, 5) is 7.94. The molecule has 0 bridgehead atoms. The van der Waals surface area contributed by atoms with Gasteiger partial charge < -0.3 is 5.32 Å². The predicted molar refractivity (Wildman–Crippen MR) is 59.1 cm³/mol. The number of rotatable bonds is 4. The van der Waals surface area contributed by atoms with E-state index in [4.69, 9.17) is 11.6 Å². The smallest absolute Gasteiger partial charge is 0.222 e. The second kappa shape index (κ2) is 5.26. The van der Waals surface area contributed by atoms with Gasteiger partial charge in [-0.1, -0.05) is 11.6 Å². The summed E-state index contributed by atoms with van der Waals surface area (Å²) in [6, 6.07) is 0.0852. The first-order valence-corrected chi connectivity index (χ1v) is 6.22. The number of hydrogen-bond acceptors (Lipinski definition) is 4. The van der Waals surface area contributed by atoms with Gasteiger partial charge in [0.15, 0.2) is 0 Å². The lowest BCUT2D eigenvalue weighted by atomic mass is 10.4. The van der Waals surface area contributed by atoms with Crippen molar-refractivity contribution in [3.8, 4) is 0 Å². The number of aromatic nitrogens is 2. The van der Waals surface area contributed by atoms with Gasteiger partial charge >= 0.3 is 0 Å². The van der Waals surface area contributed by atoms with Gasteiger partial charge in [-0.3, -0.25) is 4.21 Å². The van der Waals surface area contributed by atoms with E-state index < -0.39 is 10.8 Å². The third-order valence-corrected chi connectivity index (χ3v) is 2.65. The summed E-state index contributed by atoms with van der Waals surface area (Å²) >= 11 is 5.63. The van der Waals surface area contributed by atoms with E-state index in [2.05, 4.69) is 15.3 Å². The largest absolute Gasteiger partial charge is 0.351 e. The molecule has 2 atom stereocenters. The summed E-state index contributed by atoms with van der Waals surface area (Å²) in [6.45, 7) is 1.93. The minimum Gasteiger partial charge on any atom is -0.351 e. The second-order valence-corrected chi connectivity index (χ2v) is 4.93. The lowest BCUT2D eigenvalue weighted by Gasteiger charge is -2.11. The van der Waals surface area contributed by atoms with Crippen molar-refractivity contribution in [1.29, 1.82) is 0 Å². The normalized spacial score (nSPS) is 14.8. The molecule has 1 N–H and O–H groups in total. The summed E-state index contributed by atoms with van der Waals surface area (Å²) in [5.41, 5.74) is 0. The Balaban J connectivity index is 2.51. The number of anilines is 1. The highest BCUT2D eigenvalue weighted by Gasteiger charge is 2.05. The van der Waals surface area contributed by atoms with Crippen LogP contribution < -0.4 is 5.32 Å². The van der Waals surface area contributed by atoms with Crippen LogP contribution in [0.3, 0.4) is 0 Å². The zero-order valence-electron chi connectivity index (χ0n) is 8.03. The van der Waals surface area contributed by atoms with Crippen LogP contribution in [0, 0.1) is 0 Å². The Morgan fingerprint density at radius 1 is 1.57 bits per heavy atom.